The number of carbonyl (C=O) groups excluding carboxylic acids is 2. The zero-order valence-corrected chi connectivity index (χ0v) is 21.2. The van der Waals surface area contributed by atoms with Gasteiger partial charge in [0, 0.05) is 36.2 Å². The lowest BCUT2D eigenvalue weighted by Crippen LogP contribution is -2.46. The number of benzene rings is 3. The third kappa shape index (κ3) is 6.42. The van der Waals surface area contributed by atoms with Crippen molar-refractivity contribution in [1.29, 1.82) is 0 Å². The minimum atomic E-state index is -4.61. The molecule has 0 aliphatic heterocycles. The second-order valence-corrected chi connectivity index (χ2v) is 9.74. The number of nitrogens with zero attached hydrogens (tertiary/aromatic N) is 2. The van der Waals surface area contributed by atoms with Gasteiger partial charge in [-0.2, -0.15) is 13.2 Å². The van der Waals surface area contributed by atoms with Crippen LogP contribution in [0.4, 0.5) is 23.7 Å². The van der Waals surface area contributed by atoms with Gasteiger partial charge in [-0.15, -0.1) is 0 Å². The number of hydrogen-bond acceptors (Lipinski definition) is 2. The fourth-order valence-corrected chi connectivity index (χ4v) is 4.71. The molecule has 39 heavy (non-hydrogen) atoms. The number of para-hydroxylation sites is 2. The van der Waals surface area contributed by atoms with Crippen LogP contribution < -0.4 is 5.32 Å². The van der Waals surface area contributed by atoms with Crippen LogP contribution in [0.1, 0.15) is 29.5 Å². The van der Waals surface area contributed by atoms with Crippen LogP contribution in [0.15, 0.2) is 85.1 Å². The second kappa shape index (κ2) is 11.2. The van der Waals surface area contributed by atoms with E-state index in [1.165, 1.54) is 23.1 Å². The van der Waals surface area contributed by atoms with Crippen molar-refractivity contribution < 1.29 is 22.8 Å². The van der Waals surface area contributed by atoms with Crippen molar-refractivity contribution in [2.24, 2.45) is 0 Å². The molecule has 2 N–H and O–H groups in total. The van der Waals surface area contributed by atoms with Crippen LogP contribution in [-0.2, 0) is 23.9 Å². The van der Waals surface area contributed by atoms with Crippen LogP contribution in [0, 0.1) is 0 Å². The Morgan fingerprint density at radius 2 is 1.62 bits per heavy atom. The van der Waals surface area contributed by atoms with E-state index in [2.05, 4.69) is 10.3 Å². The van der Waals surface area contributed by atoms with Gasteiger partial charge in [-0.1, -0.05) is 60.7 Å². The van der Waals surface area contributed by atoms with E-state index in [1.54, 1.807) is 4.90 Å². The molecule has 6 nitrogen and oxygen atoms in total. The number of urea groups is 1. The van der Waals surface area contributed by atoms with Crippen molar-refractivity contribution in [2.45, 2.75) is 38.0 Å². The Labute approximate surface area is 224 Å². The van der Waals surface area contributed by atoms with E-state index in [0.717, 1.165) is 28.1 Å². The normalized spacial score (nSPS) is 13.3. The SMILES string of the molecule is O=C(CN(C(=O)Nc1ccccc1C(F)(F)F)C1CC1)N(CCc1c[nH]c2ccccc12)Cc1ccccc1. The highest BCUT2D eigenvalue weighted by Crippen LogP contribution is 2.35. The molecule has 1 aliphatic rings. The number of aromatic amines is 1. The molecule has 0 radical (unpaired) electrons. The van der Waals surface area contributed by atoms with Gasteiger partial charge in [0.2, 0.25) is 5.91 Å². The van der Waals surface area contributed by atoms with Crippen LogP contribution in [0.5, 0.6) is 0 Å². The van der Waals surface area contributed by atoms with E-state index in [9.17, 15) is 22.8 Å². The predicted octanol–water partition coefficient (Wildman–Crippen LogP) is 6.45. The molecule has 0 saturated heterocycles. The topological polar surface area (TPSA) is 68.4 Å². The minimum absolute atomic E-state index is 0.181. The molecule has 1 saturated carbocycles. The first-order chi connectivity index (χ1) is 18.8. The van der Waals surface area contributed by atoms with Crippen molar-refractivity contribution in [3.63, 3.8) is 0 Å². The lowest BCUT2D eigenvalue weighted by atomic mass is 10.1. The number of nitrogens with one attached hydrogen (secondary N) is 2. The van der Waals surface area contributed by atoms with E-state index in [-0.39, 0.29) is 24.2 Å². The maximum absolute atomic E-state index is 13.6. The number of alkyl halides is 3. The van der Waals surface area contributed by atoms with Crippen LogP contribution in [-0.4, -0.2) is 45.9 Å². The van der Waals surface area contributed by atoms with Crippen molar-refractivity contribution >= 4 is 28.5 Å². The molecule has 5 rings (SSSR count). The molecule has 3 amide bonds. The highest BCUT2D eigenvalue weighted by Gasteiger charge is 2.37. The monoisotopic (exact) mass is 534 g/mol. The van der Waals surface area contributed by atoms with Gasteiger partial charge in [0.1, 0.15) is 6.54 Å². The number of carbonyl (C=O) groups is 2. The van der Waals surface area contributed by atoms with E-state index in [0.29, 0.717) is 32.4 Å². The Morgan fingerprint density at radius 3 is 2.36 bits per heavy atom. The first-order valence-corrected chi connectivity index (χ1v) is 12.9. The number of rotatable bonds is 9. The third-order valence-corrected chi connectivity index (χ3v) is 6.92. The Bertz CT molecular complexity index is 1450. The number of fused-ring (bicyclic) bond motifs is 1. The predicted molar refractivity (Wildman–Crippen MR) is 144 cm³/mol. The summed E-state index contributed by atoms with van der Waals surface area (Å²) in [5.74, 6) is -0.259. The van der Waals surface area contributed by atoms with Gasteiger partial charge in [0.05, 0.1) is 11.3 Å². The number of amides is 3. The number of hydrogen-bond donors (Lipinski definition) is 2. The van der Waals surface area contributed by atoms with Gasteiger partial charge < -0.3 is 20.1 Å². The summed E-state index contributed by atoms with van der Waals surface area (Å²) >= 11 is 0. The van der Waals surface area contributed by atoms with Crippen LogP contribution in [0.25, 0.3) is 10.9 Å². The molecule has 202 valence electrons. The maximum atomic E-state index is 13.6. The van der Waals surface area contributed by atoms with E-state index >= 15 is 0 Å². The van der Waals surface area contributed by atoms with Gasteiger partial charge in [-0.3, -0.25) is 4.79 Å². The highest BCUT2D eigenvalue weighted by molar-refractivity contribution is 5.93. The first-order valence-electron chi connectivity index (χ1n) is 12.9. The van der Waals surface area contributed by atoms with E-state index in [1.807, 2.05) is 60.8 Å². The summed E-state index contributed by atoms with van der Waals surface area (Å²) in [6, 6.07) is 21.5. The third-order valence-electron chi connectivity index (χ3n) is 6.92. The number of anilines is 1. The summed E-state index contributed by atoms with van der Waals surface area (Å²) in [6.45, 7) is 0.567. The average Bonchev–Trinajstić information content (AvgIpc) is 3.69. The molecule has 3 aromatic carbocycles. The zero-order chi connectivity index (χ0) is 27.4. The fourth-order valence-electron chi connectivity index (χ4n) is 4.71. The molecule has 0 spiro atoms. The van der Waals surface area contributed by atoms with E-state index < -0.39 is 17.8 Å². The summed E-state index contributed by atoms with van der Waals surface area (Å²) in [5.41, 5.74) is 1.80. The Kier molecular flexibility index (Phi) is 7.58. The molecule has 1 heterocycles. The Balaban J connectivity index is 1.32. The smallest absolute Gasteiger partial charge is 0.361 e. The molecular formula is C30H29F3N4O2. The molecule has 0 unspecified atom stereocenters. The summed E-state index contributed by atoms with van der Waals surface area (Å²) in [7, 11) is 0. The van der Waals surface area contributed by atoms with Crippen molar-refractivity contribution in [3.05, 3.63) is 102 Å². The standard InChI is InChI=1S/C30H29F3N4O2/c31-30(32,33)25-11-5-7-13-27(25)35-29(39)37(23-14-15-23)20-28(38)36(19-21-8-2-1-3-9-21)17-16-22-18-34-26-12-6-4-10-24(22)26/h1-13,18,23,34H,14-17,19-20H2,(H,35,39). The van der Waals surface area contributed by atoms with Crippen LogP contribution in [0.3, 0.4) is 0 Å². The van der Waals surface area contributed by atoms with Gasteiger partial charge in [-0.05, 0) is 48.6 Å². The molecule has 1 aliphatic carbocycles. The lowest BCUT2D eigenvalue weighted by Gasteiger charge is -2.28. The van der Waals surface area contributed by atoms with Crippen LogP contribution in [0.2, 0.25) is 0 Å². The average molecular weight is 535 g/mol. The molecule has 0 atom stereocenters. The summed E-state index contributed by atoms with van der Waals surface area (Å²) in [5, 5.41) is 3.49. The largest absolute Gasteiger partial charge is 0.418 e. The summed E-state index contributed by atoms with van der Waals surface area (Å²) in [4.78, 5) is 33.1. The zero-order valence-electron chi connectivity index (χ0n) is 21.2. The van der Waals surface area contributed by atoms with E-state index in [4.69, 9.17) is 0 Å². The van der Waals surface area contributed by atoms with Gasteiger partial charge >= 0.3 is 12.2 Å². The maximum Gasteiger partial charge on any atom is 0.418 e. The number of halogens is 3. The van der Waals surface area contributed by atoms with Crippen LogP contribution >= 0.6 is 0 Å². The van der Waals surface area contributed by atoms with Gasteiger partial charge in [0.25, 0.3) is 0 Å². The molecule has 4 aromatic rings. The highest BCUT2D eigenvalue weighted by atomic mass is 19.4. The number of H-pyrrole nitrogens is 1. The summed E-state index contributed by atoms with van der Waals surface area (Å²) in [6.07, 6.45) is -0.653. The van der Waals surface area contributed by atoms with Crippen molar-refractivity contribution in [1.82, 2.24) is 14.8 Å². The minimum Gasteiger partial charge on any atom is -0.361 e. The first kappa shape index (κ1) is 26.3. The quantitative estimate of drug-likeness (QED) is 0.259. The Hall–Kier alpha value is -4.27. The lowest BCUT2D eigenvalue weighted by molar-refractivity contribution is -0.137. The Morgan fingerprint density at radius 1 is 0.923 bits per heavy atom. The fraction of sp³-hybridized carbons (Fsp3) is 0.267. The molecule has 1 fully saturated rings. The van der Waals surface area contributed by atoms with Crippen molar-refractivity contribution in [2.75, 3.05) is 18.4 Å². The molecule has 0 bridgehead atoms. The molecule has 9 heteroatoms. The molecule has 1 aromatic heterocycles. The summed E-state index contributed by atoms with van der Waals surface area (Å²) < 4.78 is 40.4. The van der Waals surface area contributed by atoms with Gasteiger partial charge in [0.15, 0.2) is 0 Å². The molecular weight excluding hydrogens is 505 g/mol. The second-order valence-electron chi connectivity index (χ2n) is 9.74. The van der Waals surface area contributed by atoms with Crippen molar-refractivity contribution in [3.8, 4) is 0 Å². The number of aromatic nitrogens is 1. The van der Waals surface area contributed by atoms with Gasteiger partial charge in [-0.25, -0.2) is 4.79 Å².